The third kappa shape index (κ3) is 4.64. The molecule has 0 aromatic heterocycles. The van der Waals surface area contributed by atoms with Crippen molar-refractivity contribution in [3.8, 4) is 0 Å². The predicted molar refractivity (Wildman–Crippen MR) is 124 cm³/mol. The van der Waals surface area contributed by atoms with E-state index in [1.807, 2.05) is 0 Å². The Morgan fingerprint density at radius 2 is 1.53 bits per heavy atom. The molecule has 3 nitrogen and oxygen atoms in total. The monoisotopic (exact) mass is 422 g/mol. The van der Waals surface area contributed by atoms with Crippen molar-refractivity contribution in [2.45, 2.75) is 124 Å². The molecule has 176 valence electrons. The van der Waals surface area contributed by atoms with Crippen LogP contribution in [0.25, 0.3) is 0 Å². The van der Waals surface area contributed by atoms with Crippen LogP contribution in [-0.2, 0) is 0 Å². The molecule has 0 spiro atoms. The lowest BCUT2D eigenvalue weighted by Crippen LogP contribution is -2.44. The summed E-state index contributed by atoms with van der Waals surface area (Å²) in [6.07, 6.45) is 10.4. The summed E-state index contributed by atoms with van der Waals surface area (Å²) in [6, 6.07) is 0. The van der Waals surface area contributed by atoms with E-state index in [9.17, 15) is 15.3 Å². The van der Waals surface area contributed by atoms with Gasteiger partial charge in [0.1, 0.15) is 0 Å². The van der Waals surface area contributed by atoms with Crippen LogP contribution in [0.15, 0.2) is 0 Å². The van der Waals surface area contributed by atoms with Crippen LogP contribution in [0.2, 0.25) is 0 Å². The fraction of sp³-hybridized carbons (Fsp3) is 1.00. The molecule has 3 saturated carbocycles. The second-order valence-electron chi connectivity index (χ2n) is 12.7. The summed E-state index contributed by atoms with van der Waals surface area (Å²) in [5, 5.41) is 33.0. The van der Waals surface area contributed by atoms with Gasteiger partial charge in [0.05, 0.1) is 18.3 Å². The van der Waals surface area contributed by atoms with Gasteiger partial charge in [0.2, 0.25) is 0 Å². The zero-order valence-corrected chi connectivity index (χ0v) is 20.6. The molecule has 3 aliphatic carbocycles. The van der Waals surface area contributed by atoms with Gasteiger partial charge >= 0.3 is 0 Å². The molecule has 9 unspecified atom stereocenters. The van der Waals surface area contributed by atoms with Crippen LogP contribution >= 0.6 is 0 Å². The zero-order chi connectivity index (χ0) is 22.3. The molecule has 30 heavy (non-hydrogen) atoms. The van der Waals surface area contributed by atoms with Gasteiger partial charge in [-0.25, -0.2) is 0 Å². The Kier molecular flexibility index (Phi) is 7.68. The van der Waals surface area contributed by atoms with Gasteiger partial charge in [-0.15, -0.1) is 0 Å². The minimum Gasteiger partial charge on any atom is -0.393 e. The van der Waals surface area contributed by atoms with E-state index in [1.54, 1.807) is 0 Å². The number of rotatable bonds is 7. The van der Waals surface area contributed by atoms with Crippen LogP contribution in [-0.4, -0.2) is 33.6 Å². The van der Waals surface area contributed by atoms with Gasteiger partial charge in [-0.1, -0.05) is 54.4 Å². The van der Waals surface area contributed by atoms with Crippen molar-refractivity contribution in [2.24, 2.45) is 46.3 Å². The third-order valence-corrected chi connectivity index (χ3v) is 10.2. The number of hydrogen-bond donors (Lipinski definition) is 3. The van der Waals surface area contributed by atoms with E-state index in [4.69, 9.17) is 0 Å². The maximum Gasteiger partial charge on any atom is 0.0627 e. The van der Waals surface area contributed by atoms with E-state index in [0.29, 0.717) is 29.6 Å². The van der Waals surface area contributed by atoms with E-state index < -0.39 is 0 Å². The Morgan fingerprint density at radius 1 is 0.867 bits per heavy atom. The SMILES string of the molecule is CC(C)C1CCC(C(C)(C)C2CCC(C)(CCC(C)C3CCCCC3O)C2O)C1O. The van der Waals surface area contributed by atoms with Crippen molar-refractivity contribution in [3.05, 3.63) is 0 Å². The second-order valence-corrected chi connectivity index (χ2v) is 12.7. The van der Waals surface area contributed by atoms with Crippen molar-refractivity contribution in [1.29, 1.82) is 0 Å². The number of aliphatic hydroxyl groups is 3. The van der Waals surface area contributed by atoms with Crippen LogP contribution in [0.4, 0.5) is 0 Å². The maximum absolute atomic E-state index is 11.5. The molecule has 3 N–H and O–H groups in total. The first-order valence-corrected chi connectivity index (χ1v) is 13.0. The highest BCUT2D eigenvalue weighted by molar-refractivity contribution is 5.04. The second kappa shape index (κ2) is 9.40. The van der Waals surface area contributed by atoms with Crippen molar-refractivity contribution in [3.63, 3.8) is 0 Å². The molecule has 3 fully saturated rings. The highest BCUT2D eigenvalue weighted by atomic mass is 16.3. The van der Waals surface area contributed by atoms with Crippen molar-refractivity contribution in [1.82, 2.24) is 0 Å². The summed E-state index contributed by atoms with van der Waals surface area (Å²) in [6.45, 7) is 13.7. The molecule has 3 heteroatoms. The average Bonchev–Trinajstić information content (AvgIpc) is 3.22. The molecule has 0 bridgehead atoms. The molecule has 3 rings (SSSR count). The van der Waals surface area contributed by atoms with Crippen LogP contribution in [0.1, 0.15) is 106 Å². The lowest BCUT2D eigenvalue weighted by molar-refractivity contribution is -0.0612. The normalized spacial score (nSPS) is 44.0. The first kappa shape index (κ1) is 24.5. The molecule has 0 saturated heterocycles. The minimum atomic E-state index is -0.290. The Hall–Kier alpha value is -0.120. The first-order chi connectivity index (χ1) is 14.0. The van der Waals surface area contributed by atoms with E-state index in [2.05, 4.69) is 41.5 Å². The largest absolute Gasteiger partial charge is 0.393 e. The standard InChI is InChI=1S/C27H50O3/c1-17(2)19-11-12-21(24(19)29)26(4,5)22-14-16-27(6,25(22)30)15-13-18(3)20-9-7-8-10-23(20)28/h17-25,28-30H,7-16H2,1-6H3. The van der Waals surface area contributed by atoms with Crippen LogP contribution in [0.3, 0.4) is 0 Å². The van der Waals surface area contributed by atoms with Crippen LogP contribution < -0.4 is 0 Å². The fourth-order valence-electron chi connectivity index (χ4n) is 7.73. The summed E-state index contributed by atoms with van der Waals surface area (Å²) in [7, 11) is 0. The molecular weight excluding hydrogens is 372 g/mol. The van der Waals surface area contributed by atoms with Gasteiger partial charge in [0.25, 0.3) is 0 Å². The lowest BCUT2D eigenvalue weighted by Gasteiger charge is -2.44. The highest BCUT2D eigenvalue weighted by Crippen LogP contribution is 2.57. The van der Waals surface area contributed by atoms with Gasteiger partial charge in [-0.2, -0.15) is 0 Å². The Bertz CT molecular complexity index is 558. The third-order valence-electron chi connectivity index (χ3n) is 10.2. The summed E-state index contributed by atoms with van der Waals surface area (Å²) in [5.74, 6) is 2.46. The Labute approximate surface area is 186 Å². The smallest absolute Gasteiger partial charge is 0.0627 e. The Balaban J connectivity index is 1.62. The van der Waals surface area contributed by atoms with Crippen LogP contribution in [0.5, 0.6) is 0 Å². The van der Waals surface area contributed by atoms with Gasteiger partial charge in [0, 0.05) is 0 Å². The molecule has 0 radical (unpaired) electrons. The number of hydrogen-bond acceptors (Lipinski definition) is 3. The van der Waals surface area contributed by atoms with Crippen LogP contribution in [0, 0.1) is 46.3 Å². The topological polar surface area (TPSA) is 60.7 Å². The van der Waals surface area contributed by atoms with Crippen molar-refractivity contribution >= 4 is 0 Å². The molecule has 0 heterocycles. The van der Waals surface area contributed by atoms with Gasteiger partial charge in [-0.3, -0.25) is 0 Å². The van der Waals surface area contributed by atoms with Gasteiger partial charge in [-0.05, 0) is 97.7 Å². The fourth-order valence-corrected chi connectivity index (χ4v) is 7.73. The molecule has 0 aromatic rings. The number of aliphatic hydroxyl groups excluding tert-OH is 3. The highest BCUT2D eigenvalue weighted by Gasteiger charge is 2.54. The molecule has 3 aliphatic rings. The van der Waals surface area contributed by atoms with E-state index in [-0.39, 0.29) is 35.1 Å². The molecule has 0 aromatic carbocycles. The summed E-state index contributed by atoms with van der Waals surface area (Å²) >= 11 is 0. The van der Waals surface area contributed by atoms with E-state index >= 15 is 0 Å². The van der Waals surface area contributed by atoms with Crippen molar-refractivity contribution in [2.75, 3.05) is 0 Å². The quantitative estimate of drug-likeness (QED) is 0.486. The first-order valence-electron chi connectivity index (χ1n) is 13.0. The predicted octanol–water partition coefficient (Wildman–Crippen LogP) is 5.80. The maximum atomic E-state index is 11.5. The molecule has 9 atom stereocenters. The Morgan fingerprint density at radius 3 is 2.13 bits per heavy atom. The van der Waals surface area contributed by atoms with E-state index in [1.165, 1.54) is 12.8 Å². The average molecular weight is 423 g/mol. The summed E-state index contributed by atoms with van der Waals surface area (Å²) in [4.78, 5) is 0. The molecular formula is C27H50O3. The van der Waals surface area contributed by atoms with Gasteiger partial charge < -0.3 is 15.3 Å². The zero-order valence-electron chi connectivity index (χ0n) is 20.6. The van der Waals surface area contributed by atoms with E-state index in [0.717, 1.165) is 51.4 Å². The van der Waals surface area contributed by atoms with Gasteiger partial charge in [0.15, 0.2) is 0 Å². The lowest BCUT2D eigenvalue weighted by atomic mass is 9.64. The molecule has 0 amide bonds. The summed E-state index contributed by atoms with van der Waals surface area (Å²) < 4.78 is 0. The minimum absolute atomic E-state index is 0.0309. The summed E-state index contributed by atoms with van der Waals surface area (Å²) in [5.41, 5.74) is -0.0672. The molecule has 0 aliphatic heterocycles. The van der Waals surface area contributed by atoms with Crippen molar-refractivity contribution < 1.29 is 15.3 Å².